The average molecular weight is 232 g/mol. The molecule has 4 N–H and O–H groups in total. The second kappa shape index (κ2) is 7.19. The summed E-state index contributed by atoms with van der Waals surface area (Å²) in [5.74, 6) is -0.794. The molecule has 0 aliphatic carbocycles. The van der Waals surface area contributed by atoms with Crippen LogP contribution in [0.3, 0.4) is 0 Å². The molecule has 2 amide bonds. The molecule has 0 atom stereocenters. The molecule has 16 heavy (non-hydrogen) atoms. The minimum atomic E-state index is -0.507. The number of ether oxygens (including phenoxy) is 2. The van der Waals surface area contributed by atoms with E-state index < -0.39 is 17.4 Å². The lowest BCUT2D eigenvalue weighted by molar-refractivity contribution is -0.124. The number of carbonyl (C=O) groups excluding carboxylic acids is 2. The Hall–Kier alpha value is -1.14. The van der Waals surface area contributed by atoms with Gasteiger partial charge in [-0.1, -0.05) is 0 Å². The third-order valence-corrected chi connectivity index (χ3v) is 1.78. The number of rotatable bonds is 9. The first-order chi connectivity index (χ1) is 7.33. The molecule has 0 fully saturated rings. The summed E-state index contributed by atoms with van der Waals surface area (Å²) in [4.78, 5) is 20.9. The van der Waals surface area contributed by atoms with E-state index in [1.165, 1.54) is 0 Å². The fraction of sp³-hybridized carbons (Fsp3) is 0.800. The van der Waals surface area contributed by atoms with Crippen LogP contribution in [0, 0.1) is 0 Å². The van der Waals surface area contributed by atoms with Gasteiger partial charge in [-0.25, -0.2) is 0 Å². The monoisotopic (exact) mass is 232 g/mol. The molecule has 0 aromatic heterocycles. The number of hydrogen-bond acceptors (Lipinski definition) is 4. The molecule has 0 rings (SSSR count). The first-order valence-electron chi connectivity index (χ1n) is 5.12. The maximum absolute atomic E-state index is 10.5. The van der Waals surface area contributed by atoms with Crippen LogP contribution in [0.25, 0.3) is 0 Å². The van der Waals surface area contributed by atoms with Crippen LogP contribution in [0.1, 0.15) is 26.7 Å². The van der Waals surface area contributed by atoms with Crippen LogP contribution in [-0.2, 0) is 19.1 Å². The van der Waals surface area contributed by atoms with Crippen LogP contribution >= 0.6 is 0 Å². The fourth-order valence-electron chi connectivity index (χ4n) is 0.960. The van der Waals surface area contributed by atoms with Crippen molar-refractivity contribution in [2.24, 2.45) is 11.5 Å². The van der Waals surface area contributed by atoms with E-state index in [0.717, 1.165) is 0 Å². The summed E-state index contributed by atoms with van der Waals surface area (Å²) < 4.78 is 10.6. The zero-order chi connectivity index (χ0) is 12.6. The molecular formula is C10H20N2O4. The van der Waals surface area contributed by atoms with Crippen molar-refractivity contribution < 1.29 is 19.1 Å². The zero-order valence-corrected chi connectivity index (χ0v) is 9.82. The molecule has 0 saturated carbocycles. The Morgan fingerprint density at radius 3 is 2.06 bits per heavy atom. The smallest absolute Gasteiger partial charge is 0.219 e. The highest BCUT2D eigenvalue weighted by atomic mass is 16.5. The Morgan fingerprint density at radius 1 is 1.06 bits per heavy atom. The fourth-order valence-corrected chi connectivity index (χ4v) is 0.960. The molecule has 0 aromatic rings. The molecule has 0 bridgehead atoms. The zero-order valence-electron chi connectivity index (χ0n) is 9.82. The normalized spacial score (nSPS) is 11.4. The maximum atomic E-state index is 10.5. The number of carbonyl (C=O) groups is 2. The van der Waals surface area contributed by atoms with Gasteiger partial charge in [0.2, 0.25) is 11.8 Å². The van der Waals surface area contributed by atoms with E-state index in [0.29, 0.717) is 6.61 Å². The predicted molar refractivity (Wildman–Crippen MR) is 58.5 cm³/mol. The second-order valence-corrected chi connectivity index (χ2v) is 4.09. The van der Waals surface area contributed by atoms with Gasteiger partial charge in [0, 0.05) is 12.8 Å². The Kier molecular flexibility index (Phi) is 6.67. The van der Waals surface area contributed by atoms with Crippen LogP contribution in [-0.4, -0.2) is 37.2 Å². The van der Waals surface area contributed by atoms with Crippen molar-refractivity contribution in [2.45, 2.75) is 32.3 Å². The van der Waals surface area contributed by atoms with Gasteiger partial charge in [-0.15, -0.1) is 0 Å². The molecule has 94 valence electrons. The van der Waals surface area contributed by atoms with Gasteiger partial charge in [0.25, 0.3) is 0 Å². The predicted octanol–water partition coefficient (Wildman–Crippen LogP) is -0.451. The number of amides is 2. The first kappa shape index (κ1) is 14.9. The summed E-state index contributed by atoms with van der Waals surface area (Å²) in [5.41, 5.74) is 9.42. The Bertz CT molecular complexity index is 241. The molecular weight excluding hydrogens is 212 g/mol. The largest absolute Gasteiger partial charge is 0.378 e. The SMILES string of the molecule is CC(C)(COCCC(N)=O)OCCC(N)=O. The quantitative estimate of drug-likeness (QED) is 0.525. The van der Waals surface area contributed by atoms with Crippen LogP contribution in [0.2, 0.25) is 0 Å². The van der Waals surface area contributed by atoms with Gasteiger partial charge >= 0.3 is 0 Å². The molecule has 0 radical (unpaired) electrons. The summed E-state index contributed by atoms with van der Waals surface area (Å²) in [6.07, 6.45) is 0.377. The van der Waals surface area contributed by atoms with Crippen molar-refractivity contribution in [3.63, 3.8) is 0 Å². The van der Waals surface area contributed by atoms with Crippen molar-refractivity contribution in [3.8, 4) is 0 Å². The Morgan fingerprint density at radius 2 is 1.56 bits per heavy atom. The third kappa shape index (κ3) is 9.42. The van der Waals surface area contributed by atoms with E-state index in [1.54, 1.807) is 0 Å². The van der Waals surface area contributed by atoms with E-state index in [4.69, 9.17) is 20.9 Å². The molecule has 0 aliphatic heterocycles. The van der Waals surface area contributed by atoms with Crippen molar-refractivity contribution in [2.75, 3.05) is 19.8 Å². The van der Waals surface area contributed by atoms with Crippen LogP contribution in [0.4, 0.5) is 0 Å². The van der Waals surface area contributed by atoms with Crippen LogP contribution < -0.4 is 11.5 Å². The van der Waals surface area contributed by atoms with Crippen molar-refractivity contribution in [1.82, 2.24) is 0 Å². The highest BCUT2D eigenvalue weighted by Crippen LogP contribution is 2.10. The van der Waals surface area contributed by atoms with E-state index in [-0.39, 0.29) is 26.1 Å². The topological polar surface area (TPSA) is 105 Å². The lowest BCUT2D eigenvalue weighted by atomic mass is 10.1. The number of primary amides is 2. The molecule has 0 heterocycles. The summed E-state index contributed by atoms with van der Waals surface area (Å²) in [7, 11) is 0. The molecule has 0 spiro atoms. The van der Waals surface area contributed by atoms with Crippen molar-refractivity contribution >= 4 is 11.8 Å². The second-order valence-electron chi connectivity index (χ2n) is 4.09. The minimum Gasteiger partial charge on any atom is -0.378 e. The molecule has 0 unspecified atom stereocenters. The standard InChI is InChI=1S/C10H20N2O4/c1-10(2,16-6-4-9(12)14)7-15-5-3-8(11)13/h3-7H2,1-2H3,(H2,11,13)(H2,12,14). The highest BCUT2D eigenvalue weighted by molar-refractivity contribution is 5.74. The lowest BCUT2D eigenvalue weighted by Gasteiger charge is -2.24. The molecule has 6 heteroatoms. The van der Waals surface area contributed by atoms with Gasteiger partial charge in [0.05, 0.1) is 25.4 Å². The summed E-state index contributed by atoms with van der Waals surface area (Å²) in [6.45, 7) is 4.54. The molecule has 0 aromatic carbocycles. The molecule has 0 saturated heterocycles. The van der Waals surface area contributed by atoms with Crippen molar-refractivity contribution in [3.05, 3.63) is 0 Å². The molecule has 0 aliphatic rings. The summed E-state index contributed by atoms with van der Waals surface area (Å²) >= 11 is 0. The summed E-state index contributed by atoms with van der Waals surface area (Å²) in [6, 6.07) is 0. The van der Waals surface area contributed by atoms with Crippen LogP contribution in [0.5, 0.6) is 0 Å². The van der Waals surface area contributed by atoms with Gasteiger partial charge in [0.1, 0.15) is 0 Å². The Labute approximate surface area is 95.3 Å². The van der Waals surface area contributed by atoms with E-state index in [9.17, 15) is 9.59 Å². The van der Waals surface area contributed by atoms with Gasteiger partial charge in [-0.2, -0.15) is 0 Å². The number of hydrogen-bond donors (Lipinski definition) is 2. The third-order valence-electron chi connectivity index (χ3n) is 1.78. The molecule has 6 nitrogen and oxygen atoms in total. The van der Waals surface area contributed by atoms with Gasteiger partial charge in [-0.05, 0) is 13.8 Å². The van der Waals surface area contributed by atoms with Gasteiger partial charge < -0.3 is 20.9 Å². The van der Waals surface area contributed by atoms with Crippen LogP contribution in [0.15, 0.2) is 0 Å². The van der Waals surface area contributed by atoms with E-state index in [1.807, 2.05) is 13.8 Å². The summed E-state index contributed by atoms with van der Waals surface area (Å²) in [5, 5.41) is 0. The highest BCUT2D eigenvalue weighted by Gasteiger charge is 2.18. The van der Waals surface area contributed by atoms with Gasteiger partial charge in [0.15, 0.2) is 0 Å². The Balaban J connectivity index is 3.61. The van der Waals surface area contributed by atoms with E-state index in [2.05, 4.69) is 0 Å². The number of nitrogens with two attached hydrogens (primary N) is 2. The maximum Gasteiger partial charge on any atom is 0.219 e. The average Bonchev–Trinajstić information content (AvgIpc) is 2.11. The van der Waals surface area contributed by atoms with Crippen molar-refractivity contribution in [1.29, 1.82) is 0 Å². The minimum absolute atomic E-state index is 0.185. The van der Waals surface area contributed by atoms with Gasteiger partial charge in [-0.3, -0.25) is 9.59 Å². The lowest BCUT2D eigenvalue weighted by Crippen LogP contribution is -2.32. The first-order valence-corrected chi connectivity index (χ1v) is 5.12. The van der Waals surface area contributed by atoms with E-state index >= 15 is 0 Å².